The molecule has 2 aliphatic heterocycles. The van der Waals surface area contributed by atoms with E-state index in [4.69, 9.17) is 30.8 Å². The molecule has 69 heavy (non-hydrogen) atoms. The first kappa shape index (κ1) is 49.2. The minimum Gasteiger partial charge on any atom is -0.494 e. The quantitative estimate of drug-likeness (QED) is 0.0830. The molecule has 1 aromatic heterocycles. The van der Waals surface area contributed by atoms with Gasteiger partial charge < -0.3 is 34.4 Å². The van der Waals surface area contributed by atoms with Crippen LogP contribution in [0.5, 0.6) is 17.2 Å². The van der Waals surface area contributed by atoms with Crippen molar-refractivity contribution in [2.75, 3.05) is 78.5 Å². The molecule has 2 saturated heterocycles. The molecule has 1 saturated carbocycles. The number of carboxylic acids is 1. The van der Waals surface area contributed by atoms with Gasteiger partial charge in [0.05, 0.1) is 13.2 Å². The molecule has 370 valence electrons. The maximum atomic E-state index is 13.3. The number of nitrogens with one attached hydrogen (secondary N) is 1. The summed E-state index contributed by atoms with van der Waals surface area (Å²) >= 11 is 6.34. The molecule has 0 radical (unpaired) electrons. The Morgan fingerprint density at radius 1 is 0.957 bits per heavy atom. The maximum absolute atomic E-state index is 13.3. The van der Waals surface area contributed by atoms with Gasteiger partial charge in [0.2, 0.25) is 5.91 Å². The Morgan fingerprint density at radius 3 is 2.54 bits per heavy atom. The number of hydrogen-bond acceptors (Lipinski definition) is 9. The van der Waals surface area contributed by atoms with Gasteiger partial charge in [-0.2, -0.15) is 0 Å². The van der Waals surface area contributed by atoms with Gasteiger partial charge in [0.25, 0.3) is 0 Å². The maximum Gasteiger partial charge on any atom is 0.329 e. The lowest BCUT2D eigenvalue weighted by molar-refractivity contribution is -0.144. The predicted molar refractivity (Wildman–Crippen MR) is 273 cm³/mol. The molecule has 3 atom stereocenters. The Labute approximate surface area is 415 Å². The molecule has 11 nitrogen and oxygen atoms in total. The smallest absolute Gasteiger partial charge is 0.329 e. The number of likely N-dealkylation sites (tertiary alicyclic amines) is 2. The number of carboxylic acid groups (broad SMARTS) is 1. The number of nitrogens with zero attached hydrogens (tertiary/aromatic N) is 4. The number of aryl methyl sites for hydroxylation is 1. The predicted octanol–water partition coefficient (Wildman–Crippen LogP) is 10.1. The number of likely N-dealkylation sites (N-methyl/N-ethyl adjacent to an activating group) is 1. The largest absolute Gasteiger partial charge is 0.494 e. The van der Waals surface area contributed by atoms with Crippen LogP contribution in [0.2, 0.25) is 5.02 Å². The average molecular weight is 961 g/mol. The fourth-order valence-corrected chi connectivity index (χ4v) is 12.9. The molecular weight excluding hydrogens is 886 g/mol. The van der Waals surface area contributed by atoms with Crippen LogP contribution in [0.4, 0.5) is 5.69 Å². The van der Waals surface area contributed by atoms with E-state index in [0.717, 1.165) is 80.0 Å². The third kappa shape index (κ3) is 11.2. The molecule has 3 aromatic carbocycles. The lowest BCUT2D eigenvalue weighted by Gasteiger charge is -2.48. The Hall–Kier alpha value is -4.84. The zero-order valence-corrected chi connectivity index (χ0v) is 42.2. The van der Waals surface area contributed by atoms with Gasteiger partial charge in [-0.3, -0.25) is 14.7 Å². The highest BCUT2D eigenvalue weighted by Crippen LogP contribution is 2.57. The minimum atomic E-state index is -1.11. The van der Waals surface area contributed by atoms with Gasteiger partial charge in [0.15, 0.2) is 0 Å². The number of pyridine rings is 1. The number of aliphatic carboxylic acids is 1. The summed E-state index contributed by atoms with van der Waals surface area (Å²) in [4.78, 5) is 37.9. The first-order chi connectivity index (χ1) is 33.3. The summed E-state index contributed by atoms with van der Waals surface area (Å²) in [5.74, 6) is 2.96. The van der Waals surface area contributed by atoms with E-state index in [-0.39, 0.29) is 17.2 Å². The van der Waals surface area contributed by atoms with Crippen LogP contribution in [-0.2, 0) is 34.3 Å². The van der Waals surface area contributed by atoms with Crippen LogP contribution in [0.3, 0.4) is 0 Å². The zero-order valence-electron chi connectivity index (χ0n) is 41.4. The third-order valence-corrected chi connectivity index (χ3v) is 16.8. The van der Waals surface area contributed by atoms with Crippen LogP contribution in [0.25, 0.3) is 0 Å². The summed E-state index contributed by atoms with van der Waals surface area (Å²) in [5.41, 5.74) is 6.11. The summed E-state index contributed by atoms with van der Waals surface area (Å²) in [5, 5.41) is 14.8. The lowest BCUT2D eigenvalue weighted by atomic mass is 9.59. The van der Waals surface area contributed by atoms with Crippen molar-refractivity contribution in [2.45, 2.75) is 114 Å². The SMILES string of the molecule is C[C@@H](COc1ccnc2c1[C@H](C)CCC2)C[C@H]1Cc2ccc(OCCCC(=O)N(C)CCc3cccc(OCCN4CC5(CCN(C)C5)C4)c3)cc2C12CCC(Nc1cccc(Cl)c1)(C(=O)O)CC2. The van der Waals surface area contributed by atoms with E-state index in [1.165, 1.54) is 61.4 Å². The Balaban J connectivity index is 0.789. The normalized spacial score (nSPS) is 24.3. The van der Waals surface area contributed by atoms with E-state index in [9.17, 15) is 14.7 Å². The third-order valence-electron chi connectivity index (χ3n) is 16.6. The van der Waals surface area contributed by atoms with Crippen LogP contribution in [0.1, 0.15) is 112 Å². The molecule has 3 heterocycles. The van der Waals surface area contributed by atoms with Crippen molar-refractivity contribution < 1.29 is 28.9 Å². The first-order valence-corrected chi connectivity index (χ1v) is 26.2. The minimum absolute atomic E-state index is 0.106. The number of carbonyl (C=O) groups excluding carboxylic acids is 1. The molecule has 3 fully saturated rings. The molecule has 5 aliphatic rings. The molecule has 12 heteroatoms. The average Bonchev–Trinajstić information content (AvgIpc) is 3.86. The number of ether oxygens (including phenoxy) is 3. The van der Waals surface area contributed by atoms with Gasteiger partial charge in [0, 0.05) is 79.8 Å². The number of benzene rings is 3. The van der Waals surface area contributed by atoms with E-state index in [0.29, 0.717) is 74.3 Å². The number of fused-ring (bicyclic) bond motifs is 3. The highest BCUT2D eigenvalue weighted by atomic mass is 35.5. The van der Waals surface area contributed by atoms with Gasteiger partial charge in [-0.05, 0) is 179 Å². The molecular formula is C57H74ClN5O6. The molecule has 1 amide bonds. The van der Waals surface area contributed by atoms with Crippen molar-refractivity contribution in [1.29, 1.82) is 0 Å². The van der Waals surface area contributed by atoms with E-state index < -0.39 is 11.5 Å². The van der Waals surface area contributed by atoms with Crippen LogP contribution >= 0.6 is 11.6 Å². The second-order valence-corrected chi connectivity index (χ2v) is 22.2. The Morgan fingerprint density at radius 2 is 1.75 bits per heavy atom. The van der Waals surface area contributed by atoms with Crippen LogP contribution in [0, 0.1) is 17.3 Å². The summed E-state index contributed by atoms with van der Waals surface area (Å²) in [6.45, 7) is 12.7. The van der Waals surface area contributed by atoms with Crippen molar-refractivity contribution in [1.82, 2.24) is 19.7 Å². The summed E-state index contributed by atoms with van der Waals surface area (Å²) in [7, 11) is 4.11. The summed E-state index contributed by atoms with van der Waals surface area (Å²) in [6.07, 6.45) is 12.6. The molecule has 2 N–H and O–H groups in total. The van der Waals surface area contributed by atoms with Gasteiger partial charge in [0.1, 0.15) is 29.4 Å². The molecule has 2 spiro atoms. The molecule has 0 bridgehead atoms. The van der Waals surface area contributed by atoms with Crippen LogP contribution < -0.4 is 19.5 Å². The van der Waals surface area contributed by atoms with Gasteiger partial charge in [-0.25, -0.2) is 4.79 Å². The van der Waals surface area contributed by atoms with E-state index >= 15 is 0 Å². The fraction of sp³-hybridized carbons (Fsp3) is 0.561. The Kier molecular flexibility index (Phi) is 15.1. The van der Waals surface area contributed by atoms with Crippen LogP contribution in [0.15, 0.2) is 79.0 Å². The molecule has 9 rings (SSSR count). The number of halogens is 1. The van der Waals surface area contributed by atoms with Crippen molar-refractivity contribution in [2.24, 2.45) is 17.3 Å². The number of amides is 1. The highest BCUT2D eigenvalue weighted by Gasteiger charge is 2.54. The van der Waals surface area contributed by atoms with E-state index in [1.807, 2.05) is 48.5 Å². The van der Waals surface area contributed by atoms with Crippen LogP contribution in [-0.4, -0.2) is 115 Å². The summed E-state index contributed by atoms with van der Waals surface area (Å²) < 4.78 is 19.2. The van der Waals surface area contributed by atoms with E-state index in [2.05, 4.69) is 66.3 Å². The van der Waals surface area contributed by atoms with Gasteiger partial charge in [-0.1, -0.05) is 49.7 Å². The number of carbonyl (C=O) groups is 2. The second-order valence-electron chi connectivity index (χ2n) is 21.7. The number of anilines is 1. The topological polar surface area (TPSA) is 117 Å². The van der Waals surface area contributed by atoms with Gasteiger partial charge in [-0.15, -0.1) is 0 Å². The molecule has 3 aliphatic carbocycles. The monoisotopic (exact) mass is 960 g/mol. The Bertz CT molecular complexity index is 2430. The van der Waals surface area contributed by atoms with Crippen molar-refractivity contribution in [3.05, 3.63) is 112 Å². The number of hydrogen-bond donors (Lipinski definition) is 2. The highest BCUT2D eigenvalue weighted by molar-refractivity contribution is 6.30. The fourth-order valence-electron chi connectivity index (χ4n) is 12.8. The summed E-state index contributed by atoms with van der Waals surface area (Å²) in [6, 6.07) is 24.2. The first-order valence-electron chi connectivity index (χ1n) is 25.8. The number of rotatable bonds is 20. The second kappa shape index (κ2) is 21.3. The standard InChI is InChI=1S/C57H74ClN5O6/c1-40(36-69-51-18-25-59-50-14-5-9-41(2)53(50)51)31-44-33-43-16-17-48(35-49(43)56(44)20-22-57(23-21-56,54(65)66)60-46-12-7-11-45(58)34-46)67-29-8-15-52(64)62(4)26-19-42-10-6-13-47(32-42)68-30-28-63-38-55(39-63)24-27-61(3)37-55/h6-7,10-13,16-18,25,32,34-35,40-41,44,60H,5,8-9,14-15,19-24,26-31,33,36-39H2,1-4H3,(H,65,66)/t40-,41-,44+,56?,57?/m1/s1. The number of aromatic nitrogens is 1. The molecule has 0 unspecified atom stereocenters. The molecule has 4 aromatic rings. The van der Waals surface area contributed by atoms with Crippen molar-refractivity contribution >= 4 is 29.2 Å². The van der Waals surface area contributed by atoms with Crippen molar-refractivity contribution in [3.8, 4) is 17.2 Å². The van der Waals surface area contributed by atoms with Crippen molar-refractivity contribution in [3.63, 3.8) is 0 Å². The zero-order chi connectivity index (χ0) is 48.2. The lowest BCUT2D eigenvalue weighted by Crippen LogP contribution is -2.58. The van der Waals surface area contributed by atoms with Gasteiger partial charge >= 0.3 is 5.97 Å². The van der Waals surface area contributed by atoms with E-state index in [1.54, 1.807) is 12.1 Å².